The zero-order valence-electron chi connectivity index (χ0n) is 16.2. The molecule has 1 saturated heterocycles. The van der Waals surface area contributed by atoms with Gasteiger partial charge in [0.25, 0.3) is 0 Å². The molecule has 1 heterocycles. The first-order chi connectivity index (χ1) is 13.2. The number of hydrogen-bond donors (Lipinski definition) is 1. The second-order valence-electron chi connectivity index (χ2n) is 7.03. The Balaban J connectivity index is 1.54. The maximum absolute atomic E-state index is 12.7. The van der Waals surface area contributed by atoms with Gasteiger partial charge in [0.1, 0.15) is 0 Å². The molecular weight excluding hydrogens is 338 g/mol. The summed E-state index contributed by atoms with van der Waals surface area (Å²) in [5.41, 5.74) is 3.19. The van der Waals surface area contributed by atoms with Gasteiger partial charge in [-0.15, -0.1) is 0 Å². The van der Waals surface area contributed by atoms with Crippen LogP contribution in [-0.2, 0) is 17.9 Å². The van der Waals surface area contributed by atoms with Gasteiger partial charge in [-0.05, 0) is 37.1 Å². The summed E-state index contributed by atoms with van der Waals surface area (Å²) in [6, 6.07) is 18.5. The highest BCUT2D eigenvalue weighted by molar-refractivity contribution is 5.89. The van der Waals surface area contributed by atoms with Gasteiger partial charge in [-0.3, -0.25) is 4.90 Å². The van der Waals surface area contributed by atoms with Crippen LogP contribution in [-0.4, -0.2) is 48.1 Å². The van der Waals surface area contributed by atoms with Crippen LogP contribution in [0.15, 0.2) is 54.6 Å². The SMILES string of the molecule is CCOCc1cccc(NC(=O)N2CCN(Cc3ccccc3)C[C@H]2C)c1. The van der Waals surface area contributed by atoms with Crippen molar-refractivity contribution in [1.29, 1.82) is 0 Å². The van der Waals surface area contributed by atoms with Crippen LogP contribution >= 0.6 is 0 Å². The van der Waals surface area contributed by atoms with Crippen LogP contribution in [0.3, 0.4) is 0 Å². The van der Waals surface area contributed by atoms with E-state index in [9.17, 15) is 4.79 Å². The molecule has 2 amide bonds. The molecule has 0 aromatic heterocycles. The summed E-state index contributed by atoms with van der Waals surface area (Å²) in [6.07, 6.45) is 0. The zero-order valence-corrected chi connectivity index (χ0v) is 16.2. The molecule has 1 aliphatic heterocycles. The highest BCUT2D eigenvalue weighted by atomic mass is 16.5. The van der Waals surface area contributed by atoms with Crippen molar-refractivity contribution in [3.05, 3.63) is 65.7 Å². The number of nitrogens with one attached hydrogen (secondary N) is 1. The van der Waals surface area contributed by atoms with E-state index in [4.69, 9.17) is 4.74 Å². The number of rotatable bonds is 6. The number of nitrogens with zero attached hydrogens (tertiary/aromatic N) is 2. The average Bonchev–Trinajstić information content (AvgIpc) is 2.67. The number of urea groups is 1. The highest BCUT2D eigenvalue weighted by Crippen LogP contribution is 2.16. The van der Waals surface area contributed by atoms with Crippen LogP contribution < -0.4 is 5.32 Å². The minimum Gasteiger partial charge on any atom is -0.377 e. The number of hydrogen-bond acceptors (Lipinski definition) is 3. The Morgan fingerprint density at radius 3 is 2.63 bits per heavy atom. The van der Waals surface area contributed by atoms with Crippen LogP contribution in [0.4, 0.5) is 10.5 Å². The summed E-state index contributed by atoms with van der Waals surface area (Å²) in [6.45, 7) is 8.77. The Bertz CT molecular complexity index is 735. The first kappa shape index (κ1) is 19.4. The van der Waals surface area contributed by atoms with E-state index in [1.54, 1.807) is 0 Å². The Kier molecular flexibility index (Phi) is 6.85. The number of anilines is 1. The van der Waals surface area contributed by atoms with Gasteiger partial charge in [0.05, 0.1) is 6.61 Å². The average molecular weight is 367 g/mol. The van der Waals surface area contributed by atoms with Crippen LogP contribution in [0.1, 0.15) is 25.0 Å². The quantitative estimate of drug-likeness (QED) is 0.840. The standard InChI is InChI=1S/C22H29N3O2/c1-3-27-17-20-10-7-11-21(14-20)23-22(26)25-13-12-24(15-18(25)2)16-19-8-5-4-6-9-19/h4-11,14,18H,3,12-13,15-17H2,1-2H3,(H,23,26)/t18-/m1/s1. The fourth-order valence-corrected chi connectivity index (χ4v) is 3.47. The Morgan fingerprint density at radius 2 is 1.89 bits per heavy atom. The lowest BCUT2D eigenvalue weighted by molar-refractivity contribution is 0.104. The first-order valence-corrected chi connectivity index (χ1v) is 9.66. The predicted molar refractivity (Wildman–Crippen MR) is 109 cm³/mol. The molecule has 5 nitrogen and oxygen atoms in total. The maximum atomic E-state index is 12.7. The molecular formula is C22H29N3O2. The summed E-state index contributed by atoms with van der Waals surface area (Å²) < 4.78 is 5.44. The van der Waals surface area contributed by atoms with Crippen LogP contribution in [0, 0.1) is 0 Å². The minimum atomic E-state index is -0.0320. The molecule has 1 aliphatic rings. The lowest BCUT2D eigenvalue weighted by Gasteiger charge is -2.39. The van der Waals surface area contributed by atoms with Gasteiger partial charge in [-0.25, -0.2) is 4.79 Å². The molecule has 0 aliphatic carbocycles. The first-order valence-electron chi connectivity index (χ1n) is 9.66. The molecule has 1 N–H and O–H groups in total. The van der Waals surface area contributed by atoms with Gasteiger partial charge < -0.3 is 15.0 Å². The topological polar surface area (TPSA) is 44.8 Å². The molecule has 3 rings (SSSR count). The summed E-state index contributed by atoms with van der Waals surface area (Å²) in [5.74, 6) is 0. The summed E-state index contributed by atoms with van der Waals surface area (Å²) in [7, 11) is 0. The van der Waals surface area contributed by atoms with Crippen molar-refractivity contribution in [1.82, 2.24) is 9.80 Å². The third kappa shape index (κ3) is 5.55. The summed E-state index contributed by atoms with van der Waals surface area (Å²) >= 11 is 0. The fourth-order valence-electron chi connectivity index (χ4n) is 3.47. The molecule has 2 aromatic rings. The minimum absolute atomic E-state index is 0.0320. The van der Waals surface area contributed by atoms with E-state index in [0.29, 0.717) is 13.2 Å². The van der Waals surface area contributed by atoms with Gasteiger partial charge in [-0.1, -0.05) is 42.5 Å². The van der Waals surface area contributed by atoms with E-state index in [1.807, 2.05) is 42.2 Å². The van der Waals surface area contributed by atoms with Gasteiger partial charge in [0.15, 0.2) is 0 Å². The number of amides is 2. The predicted octanol–water partition coefficient (Wildman–Crippen LogP) is 3.96. The van der Waals surface area contributed by atoms with E-state index < -0.39 is 0 Å². The molecule has 0 saturated carbocycles. The number of carbonyl (C=O) groups is 1. The largest absolute Gasteiger partial charge is 0.377 e. The van der Waals surface area contributed by atoms with Crippen molar-refractivity contribution in [2.24, 2.45) is 0 Å². The smallest absolute Gasteiger partial charge is 0.322 e. The molecule has 144 valence electrons. The van der Waals surface area contributed by atoms with Gasteiger partial charge in [0.2, 0.25) is 0 Å². The molecule has 2 aromatic carbocycles. The lowest BCUT2D eigenvalue weighted by atomic mass is 10.1. The third-order valence-electron chi connectivity index (χ3n) is 4.87. The molecule has 0 unspecified atom stereocenters. The van der Waals surface area contributed by atoms with E-state index >= 15 is 0 Å². The monoisotopic (exact) mass is 367 g/mol. The number of benzene rings is 2. The van der Waals surface area contributed by atoms with Crippen LogP contribution in [0.5, 0.6) is 0 Å². The Labute approximate surface area is 161 Å². The van der Waals surface area contributed by atoms with E-state index in [1.165, 1.54) is 5.56 Å². The lowest BCUT2D eigenvalue weighted by Crippen LogP contribution is -2.54. The molecule has 27 heavy (non-hydrogen) atoms. The van der Waals surface area contributed by atoms with Crippen LogP contribution in [0.25, 0.3) is 0 Å². The normalized spacial score (nSPS) is 17.7. The van der Waals surface area contributed by atoms with E-state index in [0.717, 1.165) is 37.4 Å². The number of piperazine rings is 1. The summed E-state index contributed by atoms with van der Waals surface area (Å²) in [4.78, 5) is 17.1. The zero-order chi connectivity index (χ0) is 19.1. The Hall–Kier alpha value is -2.37. The Morgan fingerprint density at radius 1 is 1.11 bits per heavy atom. The van der Waals surface area contributed by atoms with Crippen LogP contribution in [0.2, 0.25) is 0 Å². The van der Waals surface area contributed by atoms with Crippen molar-refractivity contribution >= 4 is 11.7 Å². The molecule has 1 atom stereocenters. The van der Waals surface area contributed by atoms with E-state index in [-0.39, 0.29) is 12.1 Å². The second-order valence-corrected chi connectivity index (χ2v) is 7.03. The van der Waals surface area contributed by atoms with Crippen molar-refractivity contribution < 1.29 is 9.53 Å². The molecule has 0 spiro atoms. The van der Waals surface area contributed by atoms with Gasteiger partial charge >= 0.3 is 6.03 Å². The fraction of sp³-hybridized carbons (Fsp3) is 0.409. The van der Waals surface area contributed by atoms with Crippen molar-refractivity contribution in [3.8, 4) is 0 Å². The third-order valence-corrected chi connectivity index (χ3v) is 4.87. The summed E-state index contributed by atoms with van der Waals surface area (Å²) in [5, 5.41) is 3.04. The van der Waals surface area contributed by atoms with Crippen molar-refractivity contribution in [2.75, 3.05) is 31.6 Å². The van der Waals surface area contributed by atoms with E-state index in [2.05, 4.69) is 41.4 Å². The van der Waals surface area contributed by atoms with Gasteiger partial charge in [0, 0.05) is 44.5 Å². The second kappa shape index (κ2) is 9.53. The molecule has 1 fully saturated rings. The van der Waals surface area contributed by atoms with Crippen molar-refractivity contribution in [3.63, 3.8) is 0 Å². The molecule has 0 bridgehead atoms. The highest BCUT2D eigenvalue weighted by Gasteiger charge is 2.27. The molecule has 5 heteroatoms. The maximum Gasteiger partial charge on any atom is 0.322 e. The van der Waals surface area contributed by atoms with Crippen molar-refractivity contribution in [2.45, 2.75) is 33.0 Å². The molecule has 0 radical (unpaired) electrons. The number of carbonyl (C=O) groups excluding carboxylic acids is 1. The number of ether oxygens (including phenoxy) is 1. The van der Waals surface area contributed by atoms with Gasteiger partial charge in [-0.2, -0.15) is 0 Å².